The van der Waals surface area contributed by atoms with E-state index in [0.717, 1.165) is 22.5 Å². The molecule has 2 aromatic rings. The second-order valence-electron chi connectivity index (χ2n) is 6.79. The Morgan fingerprint density at radius 2 is 1.81 bits per heavy atom. The summed E-state index contributed by atoms with van der Waals surface area (Å²) in [6.45, 7) is 6.08. The van der Waals surface area contributed by atoms with Crippen LogP contribution in [0.3, 0.4) is 0 Å². The van der Waals surface area contributed by atoms with Gasteiger partial charge in [0.1, 0.15) is 5.25 Å². The topological polar surface area (TPSA) is 61.8 Å². The van der Waals surface area contributed by atoms with Crippen LogP contribution < -0.4 is 5.32 Å². The van der Waals surface area contributed by atoms with Crippen LogP contribution in [0.15, 0.2) is 47.5 Å². The van der Waals surface area contributed by atoms with Crippen LogP contribution >= 0.6 is 11.8 Å². The molecule has 1 heterocycles. The van der Waals surface area contributed by atoms with Gasteiger partial charge in [-0.05, 0) is 56.2 Å². The van der Waals surface area contributed by atoms with Crippen molar-refractivity contribution in [2.24, 2.45) is 4.99 Å². The predicted octanol–water partition coefficient (Wildman–Crippen LogP) is 4.20. The molecule has 2 aromatic carbocycles. The Balaban J connectivity index is 1.67. The lowest BCUT2D eigenvalue weighted by Crippen LogP contribution is -2.30. The lowest BCUT2D eigenvalue weighted by Gasteiger charge is -2.09. The van der Waals surface area contributed by atoms with E-state index in [1.807, 2.05) is 56.3 Å². The number of aliphatic imine (C=N–C) groups is 1. The average Bonchev–Trinajstić information content (AvgIpc) is 2.88. The van der Waals surface area contributed by atoms with Crippen molar-refractivity contribution in [1.82, 2.24) is 4.90 Å². The van der Waals surface area contributed by atoms with E-state index in [-0.39, 0.29) is 18.2 Å². The van der Waals surface area contributed by atoms with Gasteiger partial charge in [-0.3, -0.25) is 14.5 Å². The smallest absolute Gasteiger partial charge is 0.242 e. The van der Waals surface area contributed by atoms with Gasteiger partial charge in [0, 0.05) is 19.2 Å². The molecule has 1 aliphatic rings. The van der Waals surface area contributed by atoms with Gasteiger partial charge in [-0.15, -0.1) is 0 Å². The van der Waals surface area contributed by atoms with Crippen molar-refractivity contribution < 1.29 is 9.59 Å². The number of hydrogen-bond acceptors (Lipinski definition) is 4. The third-order valence-electron chi connectivity index (χ3n) is 4.56. The Bertz CT molecular complexity index is 906. The fourth-order valence-corrected chi connectivity index (χ4v) is 3.87. The SMILES string of the molecule is Cc1ccc(NC(=O)CC2SC(=Nc3ccc(C)c(C)c3)N(C)C2=O)cc1. The minimum absolute atomic E-state index is 0.0957. The van der Waals surface area contributed by atoms with Gasteiger partial charge in [0.2, 0.25) is 11.8 Å². The highest BCUT2D eigenvalue weighted by atomic mass is 32.2. The highest BCUT2D eigenvalue weighted by molar-refractivity contribution is 8.15. The number of rotatable bonds is 4. The standard InChI is InChI=1S/C21H23N3O2S/c1-13-5-8-16(9-6-13)22-19(25)12-18-20(26)24(4)21(27-18)23-17-10-7-14(2)15(3)11-17/h5-11,18H,12H2,1-4H3,(H,22,25). The van der Waals surface area contributed by atoms with E-state index in [9.17, 15) is 9.59 Å². The molecular formula is C21H23N3O2S. The minimum atomic E-state index is -0.453. The Morgan fingerprint density at radius 3 is 2.48 bits per heavy atom. The van der Waals surface area contributed by atoms with E-state index >= 15 is 0 Å². The van der Waals surface area contributed by atoms with Gasteiger partial charge >= 0.3 is 0 Å². The van der Waals surface area contributed by atoms with Crippen molar-refractivity contribution in [2.45, 2.75) is 32.4 Å². The zero-order valence-corrected chi connectivity index (χ0v) is 16.8. The second kappa shape index (κ2) is 7.96. The third-order valence-corrected chi connectivity index (χ3v) is 5.79. The number of hydrogen-bond donors (Lipinski definition) is 1. The van der Waals surface area contributed by atoms with E-state index in [1.54, 1.807) is 7.05 Å². The number of amidine groups is 1. The number of thioether (sulfide) groups is 1. The van der Waals surface area contributed by atoms with Gasteiger partial charge < -0.3 is 5.32 Å². The Kier molecular flexibility index (Phi) is 5.65. The van der Waals surface area contributed by atoms with Crippen LogP contribution in [0.25, 0.3) is 0 Å². The van der Waals surface area contributed by atoms with Gasteiger partial charge in [0.15, 0.2) is 5.17 Å². The first kappa shape index (κ1) is 19.2. The first-order chi connectivity index (χ1) is 12.8. The van der Waals surface area contributed by atoms with E-state index in [1.165, 1.54) is 22.2 Å². The van der Waals surface area contributed by atoms with Crippen molar-refractivity contribution >= 4 is 40.1 Å². The number of aryl methyl sites for hydroxylation is 3. The van der Waals surface area contributed by atoms with Crippen LogP contribution in [0.2, 0.25) is 0 Å². The summed E-state index contributed by atoms with van der Waals surface area (Å²) in [7, 11) is 1.70. The summed E-state index contributed by atoms with van der Waals surface area (Å²) in [6, 6.07) is 13.5. The lowest BCUT2D eigenvalue weighted by molar-refractivity contribution is -0.127. The molecule has 140 valence electrons. The molecule has 27 heavy (non-hydrogen) atoms. The third kappa shape index (κ3) is 4.57. The quantitative estimate of drug-likeness (QED) is 0.863. The molecule has 1 unspecified atom stereocenters. The summed E-state index contributed by atoms with van der Waals surface area (Å²) < 4.78 is 0. The number of carbonyl (C=O) groups is 2. The molecule has 0 saturated carbocycles. The first-order valence-corrected chi connectivity index (χ1v) is 9.68. The molecule has 1 saturated heterocycles. The average molecular weight is 382 g/mol. The Hall–Kier alpha value is -2.60. The van der Waals surface area contributed by atoms with E-state index < -0.39 is 5.25 Å². The maximum absolute atomic E-state index is 12.5. The second-order valence-corrected chi connectivity index (χ2v) is 7.95. The molecule has 1 aliphatic heterocycles. The number of nitrogens with one attached hydrogen (secondary N) is 1. The number of nitrogens with zero attached hydrogens (tertiary/aromatic N) is 2. The van der Waals surface area contributed by atoms with Gasteiger partial charge in [0.25, 0.3) is 0 Å². The Morgan fingerprint density at radius 1 is 1.11 bits per heavy atom. The Labute approximate surface area is 163 Å². The fourth-order valence-electron chi connectivity index (χ4n) is 2.72. The summed E-state index contributed by atoms with van der Waals surface area (Å²) in [5, 5.41) is 3.02. The number of amides is 2. The van der Waals surface area contributed by atoms with Crippen LogP contribution in [0.4, 0.5) is 11.4 Å². The van der Waals surface area contributed by atoms with Crippen LogP contribution in [0, 0.1) is 20.8 Å². The van der Waals surface area contributed by atoms with Crippen LogP contribution in [-0.4, -0.2) is 34.2 Å². The number of benzene rings is 2. The normalized spacial score (nSPS) is 18.2. The molecule has 1 atom stereocenters. The van der Waals surface area contributed by atoms with E-state index in [4.69, 9.17) is 0 Å². The first-order valence-electron chi connectivity index (χ1n) is 8.80. The molecule has 5 nitrogen and oxygen atoms in total. The molecule has 0 bridgehead atoms. The molecule has 0 aliphatic carbocycles. The lowest BCUT2D eigenvalue weighted by atomic mass is 10.1. The summed E-state index contributed by atoms with van der Waals surface area (Å²) in [5.74, 6) is -0.271. The molecule has 3 rings (SSSR count). The molecule has 0 aromatic heterocycles. The largest absolute Gasteiger partial charge is 0.326 e. The molecule has 0 radical (unpaired) electrons. The van der Waals surface area contributed by atoms with Crippen molar-refractivity contribution in [2.75, 3.05) is 12.4 Å². The summed E-state index contributed by atoms with van der Waals surface area (Å²) in [6.07, 6.45) is 0.119. The predicted molar refractivity (Wildman–Crippen MR) is 112 cm³/mol. The van der Waals surface area contributed by atoms with Crippen LogP contribution in [-0.2, 0) is 9.59 Å². The maximum Gasteiger partial charge on any atom is 0.242 e. The van der Waals surface area contributed by atoms with Gasteiger partial charge in [0.05, 0.1) is 5.69 Å². The molecule has 6 heteroatoms. The summed E-state index contributed by atoms with van der Waals surface area (Å²) in [4.78, 5) is 30.9. The highest BCUT2D eigenvalue weighted by Gasteiger charge is 2.37. The van der Waals surface area contributed by atoms with Gasteiger partial charge in [-0.25, -0.2) is 4.99 Å². The van der Waals surface area contributed by atoms with Crippen molar-refractivity contribution in [3.8, 4) is 0 Å². The zero-order valence-electron chi connectivity index (χ0n) is 15.9. The van der Waals surface area contributed by atoms with E-state index in [0.29, 0.717) is 5.17 Å². The maximum atomic E-state index is 12.5. The molecule has 1 N–H and O–H groups in total. The fraction of sp³-hybridized carbons (Fsp3) is 0.286. The van der Waals surface area contributed by atoms with Crippen molar-refractivity contribution in [3.05, 3.63) is 59.2 Å². The van der Waals surface area contributed by atoms with Crippen molar-refractivity contribution in [3.63, 3.8) is 0 Å². The van der Waals surface area contributed by atoms with Crippen LogP contribution in [0.5, 0.6) is 0 Å². The van der Waals surface area contributed by atoms with Gasteiger partial charge in [-0.1, -0.05) is 35.5 Å². The van der Waals surface area contributed by atoms with E-state index in [2.05, 4.69) is 17.2 Å². The minimum Gasteiger partial charge on any atom is -0.326 e. The molecule has 2 amide bonds. The summed E-state index contributed by atoms with van der Waals surface area (Å²) in [5.41, 5.74) is 5.03. The number of carbonyl (C=O) groups excluding carboxylic acids is 2. The van der Waals surface area contributed by atoms with Crippen LogP contribution in [0.1, 0.15) is 23.1 Å². The monoisotopic (exact) mass is 381 g/mol. The van der Waals surface area contributed by atoms with Crippen molar-refractivity contribution in [1.29, 1.82) is 0 Å². The zero-order chi connectivity index (χ0) is 19.6. The molecule has 1 fully saturated rings. The highest BCUT2D eigenvalue weighted by Crippen LogP contribution is 2.31. The molecule has 0 spiro atoms. The summed E-state index contributed by atoms with van der Waals surface area (Å²) >= 11 is 1.34. The van der Waals surface area contributed by atoms with Gasteiger partial charge in [-0.2, -0.15) is 0 Å². The molecular weight excluding hydrogens is 358 g/mol. The number of anilines is 1.